The second-order valence-corrected chi connectivity index (χ2v) is 6.04. The molecule has 0 atom stereocenters. The van der Waals surface area contributed by atoms with Crippen molar-refractivity contribution >= 4 is 39.1 Å². The number of carbonyl (C=O) groups is 1. The summed E-state index contributed by atoms with van der Waals surface area (Å²) in [6.45, 7) is 1.83. The predicted molar refractivity (Wildman–Crippen MR) is 91.5 cm³/mol. The number of nitrogens with one attached hydrogen (secondary N) is 2. The zero-order valence-corrected chi connectivity index (χ0v) is 14.3. The number of H-pyrrole nitrogens is 1. The molecule has 1 aromatic carbocycles. The minimum absolute atomic E-state index is 0.151. The normalized spacial score (nSPS) is 10.6. The molecule has 0 bridgehead atoms. The van der Waals surface area contributed by atoms with E-state index in [0.29, 0.717) is 21.5 Å². The summed E-state index contributed by atoms with van der Waals surface area (Å²) in [5.74, 6) is 1.03. The van der Waals surface area contributed by atoms with Gasteiger partial charge >= 0.3 is 0 Å². The van der Waals surface area contributed by atoms with Crippen molar-refractivity contribution < 1.29 is 4.79 Å². The SMILES string of the molecule is Cc1nc(-c2ccc(NC(=O)c3cc(Br)cnc3Cl)cc2)n[nH]1. The molecule has 0 saturated carbocycles. The van der Waals surface area contributed by atoms with Gasteiger partial charge in [0.2, 0.25) is 0 Å². The van der Waals surface area contributed by atoms with Gasteiger partial charge in [-0.2, -0.15) is 5.10 Å². The maximum atomic E-state index is 12.3. The lowest BCUT2D eigenvalue weighted by Crippen LogP contribution is -2.13. The number of aromatic nitrogens is 4. The Morgan fingerprint density at radius 1 is 1.30 bits per heavy atom. The molecule has 8 heteroatoms. The Balaban J connectivity index is 1.78. The third kappa shape index (κ3) is 3.57. The van der Waals surface area contributed by atoms with Crippen LogP contribution in [0.25, 0.3) is 11.4 Å². The van der Waals surface area contributed by atoms with E-state index in [2.05, 4.69) is 41.4 Å². The molecule has 116 valence electrons. The minimum Gasteiger partial charge on any atom is -0.322 e. The van der Waals surface area contributed by atoms with Crippen LogP contribution in [0.1, 0.15) is 16.2 Å². The molecule has 3 aromatic rings. The van der Waals surface area contributed by atoms with Crippen LogP contribution in [0.3, 0.4) is 0 Å². The zero-order valence-electron chi connectivity index (χ0n) is 12.0. The molecule has 3 rings (SSSR count). The van der Waals surface area contributed by atoms with Crippen molar-refractivity contribution in [3.05, 3.63) is 57.5 Å². The van der Waals surface area contributed by atoms with E-state index in [1.54, 1.807) is 18.2 Å². The fourth-order valence-electron chi connectivity index (χ4n) is 1.95. The van der Waals surface area contributed by atoms with Crippen LogP contribution in [0.2, 0.25) is 5.15 Å². The van der Waals surface area contributed by atoms with Crippen LogP contribution in [0.15, 0.2) is 41.0 Å². The van der Waals surface area contributed by atoms with Crippen LogP contribution in [-0.4, -0.2) is 26.1 Å². The van der Waals surface area contributed by atoms with Crippen molar-refractivity contribution in [1.82, 2.24) is 20.2 Å². The molecule has 0 spiro atoms. The maximum absolute atomic E-state index is 12.3. The first kappa shape index (κ1) is 15.6. The zero-order chi connectivity index (χ0) is 16.4. The first-order valence-corrected chi connectivity index (χ1v) is 7.82. The number of aromatic amines is 1. The summed E-state index contributed by atoms with van der Waals surface area (Å²) in [4.78, 5) is 20.4. The smallest absolute Gasteiger partial charge is 0.258 e. The van der Waals surface area contributed by atoms with Gasteiger partial charge in [-0.15, -0.1) is 0 Å². The molecule has 0 unspecified atom stereocenters. The van der Waals surface area contributed by atoms with Crippen molar-refractivity contribution in [2.24, 2.45) is 0 Å². The quantitative estimate of drug-likeness (QED) is 0.663. The molecular weight excluding hydrogens is 382 g/mol. The van der Waals surface area contributed by atoms with E-state index in [1.807, 2.05) is 19.1 Å². The van der Waals surface area contributed by atoms with E-state index < -0.39 is 0 Å². The molecule has 0 aliphatic carbocycles. The largest absolute Gasteiger partial charge is 0.322 e. The highest BCUT2D eigenvalue weighted by Crippen LogP contribution is 2.21. The first-order chi connectivity index (χ1) is 11.0. The summed E-state index contributed by atoms with van der Waals surface area (Å²) < 4.78 is 0.683. The molecule has 0 fully saturated rings. The van der Waals surface area contributed by atoms with E-state index in [0.717, 1.165) is 11.4 Å². The van der Waals surface area contributed by atoms with E-state index in [1.165, 1.54) is 6.20 Å². The Morgan fingerprint density at radius 2 is 2.04 bits per heavy atom. The third-order valence-corrected chi connectivity index (χ3v) is 3.78. The average Bonchev–Trinajstić information content (AvgIpc) is 2.97. The Bertz CT molecular complexity index is 863. The molecule has 0 aliphatic heterocycles. The van der Waals surface area contributed by atoms with Crippen molar-refractivity contribution in [3.8, 4) is 11.4 Å². The summed E-state index contributed by atoms with van der Waals surface area (Å²) in [5.41, 5.74) is 1.80. The molecule has 6 nitrogen and oxygen atoms in total. The lowest BCUT2D eigenvalue weighted by atomic mass is 10.2. The van der Waals surface area contributed by atoms with Gasteiger partial charge in [0, 0.05) is 21.9 Å². The molecule has 23 heavy (non-hydrogen) atoms. The molecule has 2 aromatic heterocycles. The van der Waals surface area contributed by atoms with Crippen molar-refractivity contribution in [2.75, 3.05) is 5.32 Å². The fourth-order valence-corrected chi connectivity index (χ4v) is 2.48. The van der Waals surface area contributed by atoms with Crippen LogP contribution < -0.4 is 5.32 Å². The van der Waals surface area contributed by atoms with Crippen molar-refractivity contribution in [2.45, 2.75) is 6.92 Å². The maximum Gasteiger partial charge on any atom is 0.258 e. The number of pyridine rings is 1. The van der Waals surface area contributed by atoms with Crippen molar-refractivity contribution in [3.63, 3.8) is 0 Å². The van der Waals surface area contributed by atoms with Gasteiger partial charge in [0.15, 0.2) is 5.82 Å². The second kappa shape index (κ2) is 6.47. The van der Waals surface area contributed by atoms with Crippen LogP contribution in [0.5, 0.6) is 0 Å². The van der Waals surface area contributed by atoms with Crippen LogP contribution >= 0.6 is 27.5 Å². The highest BCUT2D eigenvalue weighted by molar-refractivity contribution is 9.10. The predicted octanol–water partition coefficient (Wildman–Crippen LogP) is 3.84. The number of aryl methyl sites for hydroxylation is 1. The van der Waals surface area contributed by atoms with Crippen LogP contribution in [-0.2, 0) is 0 Å². The molecule has 2 N–H and O–H groups in total. The highest BCUT2D eigenvalue weighted by Gasteiger charge is 2.12. The average molecular weight is 393 g/mol. The number of anilines is 1. The first-order valence-electron chi connectivity index (χ1n) is 6.65. The number of hydrogen-bond acceptors (Lipinski definition) is 4. The monoisotopic (exact) mass is 391 g/mol. The summed E-state index contributed by atoms with van der Waals surface area (Å²) in [6, 6.07) is 8.84. The summed E-state index contributed by atoms with van der Waals surface area (Å²) in [7, 11) is 0. The van der Waals surface area contributed by atoms with E-state index in [-0.39, 0.29) is 11.1 Å². The van der Waals surface area contributed by atoms with Gasteiger partial charge in [0.05, 0.1) is 5.56 Å². The number of nitrogens with zero attached hydrogens (tertiary/aromatic N) is 3. The fraction of sp³-hybridized carbons (Fsp3) is 0.0667. The molecule has 0 saturated heterocycles. The van der Waals surface area contributed by atoms with Gasteiger partial charge in [0.1, 0.15) is 11.0 Å². The highest BCUT2D eigenvalue weighted by atomic mass is 79.9. The summed E-state index contributed by atoms with van der Waals surface area (Å²) >= 11 is 9.22. The van der Waals surface area contributed by atoms with Gasteiger partial charge < -0.3 is 5.32 Å². The standard InChI is InChI=1S/C15H11BrClN5O/c1-8-19-14(22-21-8)9-2-4-11(5-3-9)20-15(23)12-6-10(16)7-18-13(12)17/h2-7H,1H3,(H,20,23)(H,19,21,22). The molecule has 0 radical (unpaired) electrons. The number of halogens is 2. The molecular formula is C15H11BrClN5O. The Morgan fingerprint density at radius 3 is 2.70 bits per heavy atom. The van der Waals surface area contributed by atoms with Gasteiger partial charge in [-0.25, -0.2) is 9.97 Å². The number of rotatable bonds is 3. The Kier molecular flexibility index (Phi) is 4.40. The molecule has 1 amide bonds. The Labute approximate surface area is 145 Å². The van der Waals surface area contributed by atoms with Gasteiger partial charge in [0.25, 0.3) is 5.91 Å². The minimum atomic E-state index is -0.328. The van der Waals surface area contributed by atoms with E-state index in [9.17, 15) is 4.79 Å². The molecule has 2 heterocycles. The number of hydrogen-bond donors (Lipinski definition) is 2. The van der Waals surface area contributed by atoms with Gasteiger partial charge in [-0.1, -0.05) is 11.6 Å². The summed E-state index contributed by atoms with van der Waals surface area (Å²) in [5, 5.41) is 9.81. The van der Waals surface area contributed by atoms with E-state index >= 15 is 0 Å². The number of amides is 1. The lowest BCUT2D eigenvalue weighted by molar-refractivity contribution is 0.102. The van der Waals surface area contributed by atoms with Gasteiger partial charge in [-0.05, 0) is 53.2 Å². The van der Waals surface area contributed by atoms with Crippen LogP contribution in [0.4, 0.5) is 5.69 Å². The molecule has 0 aliphatic rings. The lowest BCUT2D eigenvalue weighted by Gasteiger charge is -2.07. The topological polar surface area (TPSA) is 83.6 Å². The van der Waals surface area contributed by atoms with Gasteiger partial charge in [-0.3, -0.25) is 9.89 Å². The van der Waals surface area contributed by atoms with Crippen LogP contribution in [0, 0.1) is 6.92 Å². The Hall–Kier alpha value is -2.25. The summed E-state index contributed by atoms with van der Waals surface area (Å²) in [6.07, 6.45) is 1.53. The number of carbonyl (C=O) groups excluding carboxylic acids is 1. The van der Waals surface area contributed by atoms with Crippen molar-refractivity contribution in [1.29, 1.82) is 0 Å². The second-order valence-electron chi connectivity index (χ2n) is 4.77. The number of benzene rings is 1. The van der Waals surface area contributed by atoms with E-state index in [4.69, 9.17) is 11.6 Å². The third-order valence-electron chi connectivity index (χ3n) is 3.05.